The molecule has 5 atom stereocenters. The standard InChI is InChI=1S/C17H22Cl3NO10S/c1-5-26-14-10(21-16(25)27-6-17(18,19)20)11(28-7(2)22)12(29-8(3)23)13(31-14)15(32)30-9(4)24/h10-14H,5-6H2,1-4H3,(H,21,25)/t10-,11-,12-,13+,14-/m1/s1. The molecule has 0 bridgehead atoms. The lowest BCUT2D eigenvalue weighted by atomic mass is 9.96. The maximum Gasteiger partial charge on any atom is 0.407 e. The second-order valence-electron chi connectivity index (χ2n) is 6.30. The predicted octanol–water partition coefficient (Wildman–Crippen LogP) is 1.97. The molecule has 1 rings (SSSR count). The maximum atomic E-state index is 12.3. The highest BCUT2D eigenvalue weighted by molar-refractivity contribution is 7.80. The lowest BCUT2D eigenvalue weighted by molar-refractivity contribution is -0.257. The number of rotatable bonds is 7. The molecule has 0 aromatic carbocycles. The Kier molecular flexibility index (Phi) is 11.4. The molecular weight excluding hydrogens is 517 g/mol. The number of nitrogens with one attached hydrogen (secondary N) is 1. The molecule has 11 nitrogen and oxygen atoms in total. The van der Waals surface area contributed by atoms with Gasteiger partial charge in [0.1, 0.15) is 12.6 Å². The summed E-state index contributed by atoms with van der Waals surface area (Å²) in [6.07, 6.45) is -6.54. The van der Waals surface area contributed by atoms with Crippen molar-refractivity contribution in [2.75, 3.05) is 13.2 Å². The minimum absolute atomic E-state index is 0.0874. The van der Waals surface area contributed by atoms with E-state index >= 15 is 0 Å². The van der Waals surface area contributed by atoms with E-state index in [4.69, 9.17) is 75.4 Å². The molecule has 1 amide bonds. The van der Waals surface area contributed by atoms with Gasteiger partial charge < -0.3 is 33.7 Å². The zero-order valence-electron chi connectivity index (χ0n) is 17.4. The van der Waals surface area contributed by atoms with Gasteiger partial charge in [0, 0.05) is 27.4 Å². The molecule has 0 unspecified atom stereocenters. The Hall–Kier alpha value is -1.44. The number of hydrogen-bond acceptors (Lipinski definition) is 11. The zero-order chi connectivity index (χ0) is 24.6. The van der Waals surface area contributed by atoms with Gasteiger partial charge in [0.25, 0.3) is 0 Å². The smallest absolute Gasteiger partial charge is 0.407 e. The van der Waals surface area contributed by atoms with Gasteiger partial charge in [-0.3, -0.25) is 14.4 Å². The van der Waals surface area contributed by atoms with Crippen LogP contribution in [0.2, 0.25) is 0 Å². The van der Waals surface area contributed by atoms with Gasteiger partial charge in [-0.1, -0.05) is 34.8 Å². The molecule has 182 valence electrons. The SMILES string of the molecule is CCO[C@@H]1O[C@H](C(=S)OC(C)=O)[C@H](OC(C)=O)[C@H](OC(C)=O)[C@H]1NC(=O)OCC(Cl)(Cl)Cl. The average molecular weight is 539 g/mol. The number of amides is 1. The van der Waals surface area contributed by atoms with Gasteiger partial charge >= 0.3 is 24.0 Å². The van der Waals surface area contributed by atoms with E-state index in [1.54, 1.807) is 6.92 Å². The molecule has 1 N–H and O–H groups in total. The van der Waals surface area contributed by atoms with Crippen LogP contribution in [0, 0.1) is 0 Å². The summed E-state index contributed by atoms with van der Waals surface area (Å²) in [4.78, 5) is 47.1. The highest BCUT2D eigenvalue weighted by atomic mass is 35.6. The zero-order valence-corrected chi connectivity index (χ0v) is 20.5. The van der Waals surface area contributed by atoms with Crippen molar-refractivity contribution in [3.63, 3.8) is 0 Å². The van der Waals surface area contributed by atoms with Crippen molar-refractivity contribution in [3.8, 4) is 0 Å². The molecule has 1 fully saturated rings. The van der Waals surface area contributed by atoms with Crippen molar-refractivity contribution >= 4 is 76.1 Å². The van der Waals surface area contributed by atoms with Gasteiger partial charge in [-0.2, -0.15) is 0 Å². The van der Waals surface area contributed by atoms with Gasteiger partial charge in [0.05, 0.1) is 0 Å². The van der Waals surface area contributed by atoms with Crippen LogP contribution in [0.3, 0.4) is 0 Å². The molecule has 0 aromatic heterocycles. The van der Waals surface area contributed by atoms with Crippen molar-refractivity contribution in [3.05, 3.63) is 0 Å². The van der Waals surface area contributed by atoms with E-state index in [2.05, 4.69) is 5.32 Å². The highest BCUT2D eigenvalue weighted by Gasteiger charge is 2.53. The molecular formula is C17H22Cl3NO10S. The first-order valence-corrected chi connectivity index (χ1v) is 10.6. The van der Waals surface area contributed by atoms with Crippen LogP contribution in [-0.4, -0.2) is 76.7 Å². The van der Waals surface area contributed by atoms with Crippen molar-refractivity contribution < 1.29 is 47.6 Å². The van der Waals surface area contributed by atoms with Gasteiger partial charge in [-0.25, -0.2) is 4.79 Å². The number of alkyl halides is 3. The molecule has 32 heavy (non-hydrogen) atoms. The fraction of sp³-hybridized carbons (Fsp3) is 0.706. The fourth-order valence-corrected chi connectivity index (χ4v) is 3.13. The Morgan fingerprint density at radius 2 is 1.56 bits per heavy atom. The third-order valence-corrected chi connectivity index (χ3v) is 4.26. The number of ether oxygens (including phenoxy) is 6. The van der Waals surface area contributed by atoms with E-state index < -0.39 is 70.1 Å². The molecule has 0 radical (unpaired) electrons. The van der Waals surface area contributed by atoms with E-state index in [9.17, 15) is 19.2 Å². The first kappa shape index (κ1) is 28.6. The summed E-state index contributed by atoms with van der Waals surface area (Å²) in [6, 6.07) is -1.26. The molecule has 1 saturated heterocycles. The Labute approximate surface area is 204 Å². The minimum atomic E-state index is -1.88. The van der Waals surface area contributed by atoms with Gasteiger partial charge in [0.2, 0.25) is 8.84 Å². The number of halogens is 3. The molecule has 1 aliphatic heterocycles. The number of thiocarbonyl (C=S) groups is 1. The summed E-state index contributed by atoms with van der Waals surface area (Å²) in [5, 5.41) is 1.98. The quantitative estimate of drug-likeness (QED) is 0.220. The molecule has 0 aliphatic carbocycles. The Morgan fingerprint density at radius 1 is 1.00 bits per heavy atom. The summed E-state index contributed by atoms with van der Waals surface area (Å²) < 4.78 is 29.6. The van der Waals surface area contributed by atoms with Gasteiger partial charge in [0.15, 0.2) is 24.6 Å². The van der Waals surface area contributed by atoms with Crippen molar-refractivity contribution in [1.82, 2.24) is 5.32 Å². The summed E-state index contributed by atoms with van der Waals surface area (Å²) in [5.74, 6) is -2.34. The summed E-state index contributed by atoms with van der Waals surface area (Å²) in [6.45, 7) is 4.40. The van der Waals surface area contributed by atoms with Crippen LogP contribution in [0.25, 0.3) is 0 Å². The first-order chi connectivity index (χ1) is 14.7. The number of esters is 3. The molecule has 0 aromatic rings. The topological polar surface area (TPSA) is 136 Å². The van der Waals surface area contributed by atoms with E-state index in [1.807, 2.05) is 0 Å². The van der Waals surface area contributed by atoms with Crippen LogP contribution in [-0.2, 0) is 42.8 Å². The van der Waals surface area contributed by atoms with Crippen molar-refractivity contribution in [2.45, 2.75) is 62.1 Å². The third kappa shape index (κ3) is 9.59. The summed E-state index contributed by atoms with van der Waals surface area (Å²) in [5.41, 5.74) is 0. The second-order valence-corrected chi connectivity index (χ2v) is 9.22. The molecule has 0 saturated carbocycles. The van der Waals surface area contributed by atoms with Crippen molar-refractivity contribution in [2.24, 2.45) is 0 Å². The molecule has 0 spiro atoms. The molecule has 15 heteroatoms. The second kappa shape index (κ2) is 12.7. The van der Waals surface area contributed by atoms with Gasteiger partial charge in [-0.15, -0.1) is 0 Å². The fourth-order valence-electron chi connectivity index (χ4n) is 2.66. The Morgan fingerprint density at radius 3 is 2.03 bits per heavy atom. The molecule has 1 aliphatic rings. The predicted molar refractivity (Wildman–Crippen MR) is 114 cm³/mol. The maximum absolute atomic E-state index is 12.3. The normalized spacial score (nSPS) is 25.3. The van der Waals surface area contributed by atoms with Crippen LogP contribution < -0.4 is 5.32 Å². The largest absolute Gasteiger partial charge is 0.456 e. The number of carbonyl (C=O) groups excluding carboxylic acids is 4. The van der Waals surface area contributed by atoms with Crippen LogP contribution in [0.1, 0.15) is 27.7 Å². The van der Waals surface area contributed by atoms with Crippen LogP contribution in [0.15, 0.2) is 0 Å². The van der Waals surface area contributed by atoms with Gasteiger partial charge in [-0.05, 0) is 19.1 Å². The van der Waals surface area contributed by atoms with E-state index in [0.717, 1.165) is 20.8 Å². The van der Waals surface area contributed by atoms with Crippen LogP contribution in [0.4, 0.5) is 4.79 Å². The van der Waals surface area contributed by atoms with Crippen LogP contribution >= 0.6 is 47.0 Å². The summed E-state index contributed by atoms with van der Waals surface area (Å²) in [7, 11) is 0. The Balaban J connectivity index is 3.31. The van der Waals surface area contributed by atoms with Crippen LogP contribution in [0.5, 0.6) is 0 Å². The Bertz CT molecular complexity index is 732. The average Bonchev–Trinajstić information content (AvgIpc) is 2.62. The van der Waals surface area contributed by atoms with E-state index in [1.165, 1.54) is 0 Å². The minimum Gasteiger partial charge on any atom is -0.456 e. The third-order valence-electron chi connectivity index (χ3n) is 3.61. The lowest BCUT2D eigenvalue weighted by Gasteiger charge is -2.44. The van der Waals surface area contributed by atoms with Crippen molar-refractivity contribution in [1.29, 1.82) is 0 Å². The number of carbonyl (C=O) groups is 4. The highest BCUT2D eigenvalue weighted by Crippen LogP contribution is 2.29. The van der Waals surface area contributed by atoms with E-state index in [-0.39, 0.29) is 6.61 Å². The monoisotopic (exact) mass is 537 g/mol. The lowest BCUT2D eigenvalue weighted by Crippen LogP contribution is -2.67. The number of hydrogen-bond donors (Lipinski definition) is 1. The first-order valence-electron chi connectivity index (χ1n) is 9.09. The van der Waals surface area contributed by atoms with E-state index in [0.29, 0.717) is 0 Å². The number of alkyl carbamates (subject to hydrolysis) is 1. The summed E-state index contributed by atoms with van der Waals surface area (Å²) >= 11 is 21.8. The molecule has 1 heterocycles.